The van der Waals surface area contributed by atoms with Crippen molar-refractivity contribution in [3.8, 4) is 0 Å². The molecule has 180 valence electrons. The monoisotopic (exact) mass is 480 g/mol. The Labute approximate surface area is 193 Å². The Hall–Kier alpha value is -1.34. The zero-order valence-corrected chi connectivity index (χ0v) is 23.3. The molecule has 0 spiro atoms. The Morgan fingerprint density at radius 1 is 1.09 bits per heavy atom. The minimum atomic E-state index is -2.02. The Bertz CT molecular complexity index is 1000. The number of rotatable bonds is 6. The van der Waals surface area contributed by atoms with E-state index in [1.54, 1.807) is 6.33 Å². The molecule has 32 heavy (non-hydrogen) atoms. The zero-order chi connectivity index (χ0) is 24.1. The normalized spacial score (nSPS) is 23.2. The van der Waals surface area contributed by atoms with Crippen LogP contribution in [0.25, 0.3) is 11.2 Å². The van der Waals surface area contributed by atoms with Crippen LogP contribution in [0.4, 0.5) is 0 Å². The number of nitrogens with one attached hydrogen (secondary N) is 1. The van der Waals surface area contributed by atoms with Gasteiger partial charge in [-0.05, 0) is 36.3 Å². The van der Waals surface area contributed by atoms with Crippen LogP contribution in [0.1, 0.15) is 54.2 Å². The molecule has 1 aliphatic rings. The van der Waals surface area contributed by atoms with Gasteiger partial charge in [-0.25, -0.2) is 9.97 Å². The summed E-state index contributed by atoms with van der Waals surface area (Å²) in [4.78, 5) is 23.3. The summed E-state index contributed by atoms with van der Waals surface area (Å²) in [5.41, 5.74) is 0.591. The third kappa shape index (κ3) is 4.94. The fraction of sp³-hybridized carbons (Fsp3) is 0.773. The molecule has 8 nitrogen and oxygen atoms in total. The maximum Gasteiger partial charge on any atom is 0.278 e. The summed E-state index contributed by atoms with van der Waals surface area (Å²) in [6.07, 6.45) is 3.11. The van der Waals surface area contributed by atoms with Crippen LogP contribution in [0.5, 0.6) is 0 Å². The highest BCUT2D eigenvalue weighted by Gasteiger charge is 2.46. The number of aromatic nitrogens is 4. The molecule has 0 bridgehead atoms. The van der Waals surface area contributed by atoms with Crippen molar-refractivity contribution < 1.29 is 13.6 Å². The lowest BCUT2D eigenvalue weighted by Gasteiger charge is -2.40. The maximum atomic E-state index is 12.1. The largest absolute Gasteiger partial charge is 0.414 e. The first-order valence-corrected chi connectivity index (χ1v) is 17.2. The highest BCUT2D eigenvalue weighted by molar-refractivity contribution is 6.74. The second kappa shape index (κ2) is 8.46. The number of hydrogen-bond acceptors (Lipinski definition) is 6. The van der Waals surface area contributed by atoms with Crippen LogP contribution >= 0.6 is 0 Å². The third-order valence-electron chi connectivity index (χ3n) is 7.52. The van der Waals surface area contributed by atoms with Crippen LogP contribution in [-0.2, 0) is 13.6 Å². The molecule has 3 atom stereocenters. The molecule has 3 heterocycles. The van der Waals surface area contributed by atoms with Gasteiger partial charge in [-0.1, -0.05) is 41.5 Å². The van der Waals surface area contributed by atoms with Gasteiger partial charge >= 0.3 is 0 Å². The molecule has 2 aromatic heterocycles. The van der Waals surface area contributed by atoms with Gasteiger partial charge in [0.15, 0.2) is 27.8 Å². The van der Waals surface area contributed by atoms with E-state index in [0.717, 1.165) is 0 Å². The summed E-state index contributed by atoms with van der Waals surface area (Å²) in [5.74, 6) is 0. The van der Waals surface area contributed by atoms with Crippen LogP contribution in [0, 0.1) is 0 Å². The number of imidazole rings is 1. The summed E-state index contributed by atoms with van der Waals surface area (Å²) < 4.78 is 21.7. The van der Waals surface area contributed by atoms with E-state index in [1.807, 2.05) is 4.57 Å². The Kier molecular flexibility index (Phi) is 6.69. The molecule has 0 amide bonds. The van der Waals surface area contributed by atoms with Gasteiger partial charge in [-0.3, -0.25) is 9.36 Å². The number of H-pyrrole nitrogens is 1. The maximum absolute atomic E-state index is 12.1. The van der Waals surface area contributed by atoms with E-state index in [1.165, 1.54) is 6.33 Å². The van der Waals surface area contributed by atoms with E-state index in [2.05, 4.69) is 82.7 Å². The van der Waals surface area contributed by atoms with Crippen LogP contribution in [0.15, 0.2) is 17.4 Å². The molecule has 0 unspecified atom stereocenters. The first kappa shape index (κ1) is 25.3. The highest BCUT2D eigenvalue weighted by Crippen LogP contribution is 2.42. The topological polar surface area (TPSA) is 91.3 Å². The number of fused-ring (bicyclic) bond motifs is 1. The van der Waals surface area contributed by atoms with Crippen molar-refractivity contribution in [2.45, 2.75) is 103 Å². The zero-order valence-electron chi connectivity index (χ0n) is 21.3. The van der Waals surface area contributed by atoms with Gasteiger partial charge in [0.05, 0.1) is 25.4 Å². The predicted molar refractivity (Wildman–Crippen MR) is 132 cm³/mol. The van der Waals surface area contributed by atoms with E-state index < -0.39 is 16.6 Å². The Morgan fingerprint density at radius 3 is 2.31 bits per heavy atom. The van der Waals surface area contributed by atoms with Crippen molar-refractivity contribution in [3.05, 3.63) is 23.0 Å². The standard InChI is InChI=1S/C22H40N4O4Si2/c1-21(2,3)31(7,8)28-12-16-15(30-32(9,10)22(4,5)6)11-17(29-16)26-14-25-18-19(26)23-13-24-20(18)27/h13-17H,11-12H2,1-10H3,(H,23,24,27)/t15-,16+,17+/m0/s1. The van der Waals surface area contributed by atoms with E-state index in [9.17, 15) is 4.79 Å². The molecule has 2 aromatic rings. The molecule has 1 fully saturated rings. The van der Waals surface area contributed by atoms with Crippen molar-refractivity contribution in [1.82, 2.24) is 19.5 Å². The summed E-state index contributed by atoms with van der Waals surface area (Å²) >= 11 is 0. The second-order valence-corrected chi connectivity index (χ2v) is 21.5. The molecule has 3 rings (SSSR count). The van der Waals surface area contributed by atoms with Gasteiger partial charge in [0.2, 0.25) is 0 Å². The smallest absolute Gasteiger partial charge is 0.278 e. The minimum absolute atomic E-state index is 0.0898. The molecular weight excluding hydrogens is 440 g/mol. The van der Waals surface area contributed by atoms with E-state index in [-0.39, 0.29) is 34.1 Å². The third-order valence-corrected chi connectivity index (χ3v) is 16.5. The lowest BCUT2D eigenvalue weighted by atomic mass is 10.2. The van der Waals surface area contributed by atoms with Crippen LogP contribution < -0.4 is 5.56 Å². The molecule has 0 aliphatic carbocycles. The fourth-order valence-electron chi connectivity index (χ4n) is 3.28. The first-order chi connectivity index (χ1) is 14.5. The van der Waals surface area contributed by atoms with Crippen LogP contribution in [-0.4, -0.2) is 55.0 Å². The lowest BCUT2D eigenvalue weighted by Crippen LogP contribution is -2.48. The van der Waals surface area contributed by atoms with E-state index >= 15 is 0 Å². The first-order valence-electron chi connectivity index (χ1n) is 11.4. The second-order valence-electron chi connectivity index (χ2n) is 11.9. The van der Waals surface area contributed by atoms with E-state index in [0.29, 0.717) is 24.2 Å². The predicted octanol–water partition coefficient (Wildman–Crippen LogP) is 4.82. The fourth-order valence-corrected chi connectivity index (χ4v) is 5.65. The molecule has 1 aliphatic heterocycles. The van der Waals surface area contributed by atoms with Crippen molar-refractivity contribution in [2.75, 3.05) is 6.61 Å². The van der Waals surface area contributed by atoms with Gasteiger partial charge in [-0.2, -0.15) is 0 Å². The Morgan fingerprint density at radius 2 is 1.72 bits per heavy atom. The minimum Gasteiger partial charge on any atom is -0.414 e. The van der Waals surface area contributed by atoms with E-state index in [4.69, 9.17) is 13.6 Å². The van der Waals surface area contributed by atoms with Crippen molar-refractivity contribution in [2.24, 2.45) is 0 Å². The summed E-state index contributed by atoms with van der Waals surface area (Å²) in [5, 5.41) is 0.207. The van der Waals surface area contributed by atoms with Crippen LogP contribution in [0.2, 0.25) is 36.3 Å². The van der Waals surface area contributed by atoms with Gasteiger partial charge in [0.1, 0.15) is 12.3 Å². The molecular formula is C22H40N4O4Si2. The molecule has 10 heteroatoms. The quantitative estimate of drug-likeness (QED) is 0.596. The number of aromatic amines is 1. The van der Waals surface area contributed by atoms with Gasteiger partial charge in [0, 0.05) is 6.42 Å². The number of ether oxygens (including phenoxy) is 1. The summed E-state index contributed by atoms with van der Waals surface area (Å²) in [7, 11) is -3.96. The van der Waals surface area contributed by atoms with Gasteiger partial charge < -0.3 is 18.6 Å². The van der Waals surface area contributed by atoms with Crippen molar-refractivity contribution in [1.29, 1.82) is 0 Å². The van der Waals surface area contributed by atoms with Gasteiger partial charge in [-0.15, -0.1) is 0 Å². The van der Waals surface area contributed by atoms with Crippen molar-refractivity contribution >= 4 is 27.8 Å². The summed E-state index contributed by atoms with van der Waals surface area (Å²) in [6.45, 7) is 23.0. The number of hydrogen-bond donors (Lipinski definition) is 1. The molecule has 0 aromatic carbocycles. The molecule has 0 radical (unpaired) electrons. The highest BCUT2D eigenvalue weighted by atomic mass is 28.4. The molecule has 1 N–H and O–H groups in total. The summed E-state index contributed by atoms with van der Waals surface area (Å²) in [6, 6.07) is 0. The number of nitrogens with zero attached hydrogens (tertiary/aromatic N) is 3. The Balaban J connectivity index is 1.88. The molecule has 0 saturated carbocycles. The lowest BCUT2D eigenvalue weighted by molar-refractivity contribution is -0.0383. The SMILES string of the molecule is CC(C)(C)[Si](C)(C)OC[C@H]1O[C@@H](n2cnc3c(=O)[nH]cnc32)C[C@@H]1O[Si](C)(C)C(C)(C)C. The van der Waals surface area contributed by atoms with Crippen molar-refractivity contribution in [3.63, 3.8) is 0 Å². The van der Waals surface area contributed by atoms with Crippen LogP contribution in [0.3, 0.4) is 0 Å². The van der Waals surface area contributed by atoms with Gasteiger partial charge in [0.25, 0.3) is 5.56 Å². The average molecular weight is 481 g/mol. The average Bonchev–Trinajstić information content (AvgIpc) is 3.22. The molecule has 1 saturated heterocycles.